The van der Waals surface area contributed by atoms with Crippen LogP contribution in [0, 0.1) is 5.82 Å². The molecule has 30 heavy (non-hydrogen) atoms. The minimum atomic E-state index is -0.727. The van der Waals surface area contributed by atoms with Crippen molar-refractivity contribution in [2.24, 2.45) is 0 Å². The lowest BCUT2D eigenvalue weighted by atomic mass is 10.1. The molecule has 1 saturated heterocycles. The molecule has 158 valence electrons. The van der Waals surface area contributed by atoms with Crippen LogP contribution < -0.4 is 15.0 Å². The lowest BCUT2D eigenvalue weighted by molar-refractivity contribution is -0.142. The number of benzene rings is 2. The summed E-state index contributed by atoms with van der Waals surface area (Å²) in [6.07, 6.45) is -0.727. The fourth-order valence-corrected chi connectivity index (χ4v) is 3.86. The molecule has 7 nitrogen and oxygen atoms in total. The van der Waals surface area contributed by atoms with Crippen LogP contribution in [-0.2, 0) is 14.3 Å². The van der Waals surface area contributed by atoms with Crippen molar-refractivity contribution < 1.29 is 23.5 Å². The van der Waals surface area contributed by atoms with Gasteiger partial charge in [0.25, 0.3) is 5.91 Å². The first kappa shape index (κ1) is 20.6. The Kier molecular flexibility index (Phi) is 6.19. The van der Waals surface area contributed by atoms with E-state index in [9.17, 15) is 14.0 Å². The van der Waals surface area contributed by atoms with Gasteiger partial charge in [-0.2, -0.15) is 0 Å². The van der Waals surface area contributed by atoms with Crippen LogP contribution >= 0.6 is 15.9 Å². The molecule has 2 amide bonds. The van der Waals surface area contributed by atoms with Crippen LogP contribution in [0.3, 0.4) is 0 Å². The molecule has 0 aliphatic carbocycles. The maximum atomic E-state index is 14.1. The smallest absolute Gasteiger partial charge is 0.265 e. The van der Waals surface area contributed by atoms with E-state index < -0.39 is 11.9 Å². The van der Waals surface area contributed by atoms with E-state index in [0.29, 0.717) is 36.5 Å². The summed E-state index contributed by atoms with van der Waals surface area (Å²) in [7, 11) is 0. The third-order valence-corrected chi connectivity index (χ3v) is 5.49. The van der Waals surface area contributed by atoms with E-state index in [1.807, 2.05) is 18.2 Å². The van der Waals surface area contributed by atoms with E-state index in [0.717, 1.165) is 5.69 Å². The molecule has 0 spiro atoms. The number of fused-ring (bicyclic) bond motifs is 1. The van der Waals surface area contributed by atoms with Gasteiger partial charge in [0.1, 0.15) is 11.6 Å². The Morgan fingerprint density at radius 2 is 1.93 bits per heavy atom. The van der Waals surface area contributed by atoms with Gasteiger partial charge in [-0.3, -0.25) is 9.59 Å². The van der Waals surface area contributed by atoms with Crippen LogP contribution in [0.1, 0.15) is 0 Å². The molecule has 2 aliphatic heterocycles. The van der Waals surface area contributed by atoms with Gasteiger partial charge in [-0.05, 0) is 30.3 Å². The standard InChI is InChI=1S/C21H21BrFN3O4/c22-14-5-6-16(15(23)11-14)24-20(27)13-26-12-19(21(28)25-7-9-29-10-8-25)30-18-4-2-1-3-17(18)26/h1-6,11,19H,7-10,12-13H2,(H,24,27)/t19-/m1/s1. The number of nitrogens with zero attached hydrogens (tertiary/aromatic N) is 2. The van der Waals surface area contributed by atoms with Gasteiger partial charge in [-0.15, -0.1) is 0 Å². The largest absolute Gasteiger partial charge is 0.477 e. The number of carbonyl (C=O) groups excluding carboxylic acids is 2. The molecule has 1 fully saturated rings. The Bertz CT molecular complexity index is 952. The summed E-state index contributed by atoms with van der Waals surface area (Å²) in [6, 6.07) is 11.7. The average Bonchev–Trinajstić information content (AvgIpc) is 2.75. The Labute approximate surface area is 181 Å². The highest BCUT2D eigenvalue weighted by Gasteiger charge is 2.34. The number of ether oxygens (including phenoxy) is 2. The number of amides is 2. The van der Waals surface area contributed by atoms with Crippen molar-refractivity contribution in [2.75, 3.05) is 49.6 Å². The third-order valence-electron chi connectivity index (χ3n) is 5.00. The topological polar surface area (TPSA) is 71.1 Å². The maximum Gasteiger partial charge on any atom is 0.265 e. The van der Waals surface area contributed by atoms with Gasteiger partial charge >= 0.3 is 0 Å². The maximum absolute atomic E-state index is 14.1. The second-order valence-corrected chi connectivity index (χ2v) is 7.98. The molecule has 0 saturated carbocycles. The minimum absolute atomic E-state index is 0.0389. The first-order chi connectivity index (χ1) is 14.5. The molecular weight excluding hydrogens is 457 g/mol. The van der Waals surface area contributed by atoms with Gasteiger partial charge in [0.2, 0.25) is 5.91 Å². The highest BCUT2D eigenvalue weighted by atomic mass is 79.9. The molecule has 4 rings (SSSR count). The molecule has 2 aliphatic rings. The number of nitrogens with one attached hydrogen (secondary N) is 1. The predicted molar refractivity (Wildman–Crippen MR) is 113 cm³/mol. The van der Waals surface area contributed by atoms with E-state index in [-0.39, 0.29) is 30.6 Å². The molecule has 0 unspecified atom stereocenters. The quantitative estimate of drug-likeness (QED) is 0.732. The normalized spacial score (nSPS) is 18.4. The number of carbonyl (C=O) groups is 2. The number of anilines is 2. The van der Waals surface area contributed by atoms with Crippen LogP contribution in [0.2, 0.25) is 0 Å². The fraction of sp³-hybridized carbons (Fsp3) is 0.333. The first-order valence-corrected chi connectivity index (χ1v) is 10.4. The summed E-state index contributed by atoms with van der Waals surface area (Å²) < 4.78 is 25.9. The summed E-state index contributed by atoms with van der Waals surface area (Å²) >= 11 is 3.19. The van der Waals surface area contributed by atoms with Gasteiger partial charge in [0, 0.05) is 17.6 Å². The zero-order valence-corrected chi connectivity index (χ0v) is 17.7. The second kappa shape index (κ2) is 9.01. The highest BCUT2D eigenvalue weighted by molar-refractivity contribution is 9.10. The predicted octanol–water partition coefficient (Wildman–Crippen LogP) is 2.65. The highest BCUT2D eigenvalue weighted by Crippen LogP contribution is 2.33. The second-order valence-electron chi connectivity index (χ2n) is 7.06. The lowest BCUT2D eigenvalue weighted by Gasteiger charge is -2.38. The van der Waals surface area contributed by atoms with Crippen molar-refractivity contribution in [1.29, 1.82) is 0 Å². The SMILES string of the molecule is O=C(CN1C[C@H](C(=O)N2CCOCC2)Oc2ccccc21)Nc1ccc(Br)cc1F. The molecule has 1 N–H and O–H groups in total. The van der Waals surface area contributed by atoms with E-state index >= 15 is 0 Å². The zero-order valence-electron chi connectivity index (χ0n) is 16.1. The zero-order chi connectivity index (χ0) is 21.1. The van der Waals surface area contributed by atoms with Crippen molar-refractivity contribution >= 4 is 39.1 Å². The summed E-state index contributed by atoms with van der Waals surface area (Å²) in [5, 5.41) is 2.59. The van der Waals surface area contributed by atoms with Crippen molar-refractivity contribution in [3.63, 3.8) is 0 Å². The molecule has 2 aromatic carbocycles. The fourth-order valence-electron chi connectivity index (χ4n) is 3.53. The van der Waals surface area contributed by atoms with Crippen LogP contribution in [0.4, 0.5) is 15.8 Å². The van der Waals surface area contributed by atoms with Crippen LogP contribution in [0.25, 0.3) is 0 Å². The molecule has 1 atom stereocenters. The monoisotopic (exact) mass is 477 g/mol. The van der Waals surface area contributed by atoms with E-state index in [4.69, 9.17) is 9.47 Å². The molecule has 2 aromatic rings. The average molecular weight is 478 g/mol. The summed E-state index contributed by atoms with van der Waals surface area (Å²) in [4.78, 5) is 29.1. The molecule has 0 aromatic heterocycles. The van der Waals surface area contributed by atoms with Gasteiger partial charge in [0.05, 0.1) is 37.7 Å². The van der Waals surface area contributed by atoms with Crippen molar-refractivity contribution in [1.82, 2.24) is 4.90 Å². The number of halogens is 2. The van der Waals surface area contributed by atoms with Gasteiger partial charge in [-0.1, -0.05) is 28.1 Å². The summed E-state index contributed by atoms with van der Waals surface area (Å²) in [5.74, 6) is -0.499. The number of hydrogen-bond acceptors (Lipinski definition) is 5. The molecule has 9 heteroatoms. The third kappa shape index (κ3) is 4.57. The van der Waals surface area contributed by atoms with Crippen LogP contribution in [0.15, 0.2) is 46.9 Å². The van der Waals surface area contributed by atoms with Crippen molar-refractivity contribution in [3.8, 4) is 5.75 Å². The summed E-state index contributed by atoms with van der Waals surface area (Å²) in [5.41, 5.74) is 0.820. The van der Waals surface area contributed by atoms with Crippen molar-refractivity contribution in [2.45, 2.75) is 6.10 Å². The Hall–Kier alpha value is -2.65. The van der Waals surface area contributed by atoms with Gasteiger partial charge in [0.15, 0.2) is 6.10 Å². The first-order valence-electron chi connectivity index (χ1n) is 9.63. The van der Waals surface area contributed by atoms with E-state index in [2.05, 4.69) is 21.2 Å². The molecular formula is C21H21BrFN3O4. The Morgan fingerprint density at radius 3 is 2.70 bits per heavy atom. The van der Waals surface area contributed by atoms with Crippen LogP contribution in [-0.4, -0.2) is 62.2 Å². The van der Waals surface area contributed by atoms with Crippen molar-refractivity contribution in [3.05, 3.63) is 52.8 Å². The molecule has 0 bridgehead atoms. The Balaban J connectivity index is 1.49. The van der Waals surface area contributed by atoms with E-state index in [1.165, 1.54) is 12.1 Å². The Morgan fingerprint density at radius 1 is 1.17 bits per heavy atom. The van der Waals surface area contributed by atoms with E-state index in [1.54, 1.807) is 21.9 Å². The molecule has 0 radical (unpaired) electrons. The van der Waals surface area contributed by atoms with Crippen LogP contribution in [0.5, 0.6) is 5.75 Å². The van der Waals surface area contributed by atoms with Gasteiger partial charge < -0.3 is 24.6 Å². The number of rotatable bonds is 4. The molecule has 2 heterocycles. The number of morpholine rings is 1. The number of hydrogen-bond donors (Lipinski definition) is 1. The number of para-hydroxylation sites is 2. The minimum Gasteiger partial charge on any atom is -0.477 e. The van der Waals surface area contributed by atoms with Gasteiger partial charge in [-0.25, -0.2) is 4.39 Å². The lowest BCUT2D eigenvalue weighted by Crippen LogP contribution is -2.53. The summed E-state index contributed by atoms with van der Waals surface area (Å²) in [6.45, 7) is 2.22.